The highest BCUT2D eigenvalue weighted by Gasteiger charge is 2.21. The van der Waals surface area contributed by atoms with Gasteiger partial charge in [-0.05, 0) is 24.3 Å². The van der Waals surface area contributed by atoms with E-state index in [0.717, 1.165) is 0 Å². The summed E-state index contributed by atoms with van der Waals surface area (Å²) < 4.78 is 6.90. The lowest BCUT2D eigenvalue weighted by Crippen LogP contribution is -2.30. The molecule has 0 saturated carbocycles. The first-order chi connectivity index (χ1) is 12.6. The van der Waals surface area contributed by atoms with Crippen LogP contribution in [0.4, 0.5) is 0 Å². The van der Waals surface area contributed by atoms with Gasteiger partial charge in [0.1, 0.15) is 12.3 Å². The molecule has 26 heavy (non-hydrogen) atoms. The highest BCUT2D eigenvalue weighted by molar-refractivity contribution is 5.93. The largest absolute Gasteiger partial charge is 0.496 e. The molecule has 3 rings (SSSR count). The SMILES string of the molecule is COc1ccccc1-c1nc(C(=O)NCC(=O)O)nn1-c1ccccc1. The Morgan fingerprint density at radius 2 is 1.81 bits per heavy atom. The standard InChI is InChI=1S/C18H16N4O4/c1-26-14-10-6-5-9-13(14)17-20-16(18(25)19-11-15(23)24)21-22(17)12-7-3-2-4-8-12/h2-10H,11H2,1H3,(H,19,25)(H,23,24). The number of carboxylic acid groups (broad SMARTS) is 1. The summed E-state index contributed by atoms with van der Waals surface area (Å²) >= 11 is 0. The smallest absolute Gasteiger partial charge is 0.322 e. The third-order valence-corrected chi connectivity index (χ3v) is 3.56. The van der Waals surface area contributed by atoms with Gasteiger partial charge in [-0.1, -0.05) is 30.3 Å². The molecular formula is C18H16N4O4. The van der Waals surface area contributed by atoms with Crippen molar-refractivity contribution < 1.29 is 19.4 Å². The summed E-state index contributed by atoms with van der Waals surface area (Å²) in [6, 6.07) is 16.4. The molecule has 0 bridgehead atoms. The van der Waals surface area contributed by atoms with Gasteiger partial charge in [-0.2, -0.15) is 0 Å². The van der Waals surface area contributed by atoms with Crippen LogP contribution in [-0.4, -0.2) is 45.4 Å². The van der Waals surface area contributed by atoms with Crippen LogP contribution >= 0.6 is 0 Å². The van der Waals surface area contributed by atoms with Gasteiger partial charge < -0.3 is 15.2 Å². The molecule has 1 amide bonds. The number of ether oxygens (including phenoxy) is 1. The minimum Gasteiger partial charge on any atom is -0.496 e. The minimum atomic E-state index is -1.15. The molecule has 0 aliphatic heterocycles. The van der Waals surface area contributed by atoms with E-state index in [-0.39, 0.29) is 5.82 Å². The Kier molecular flexibility index (Phi) is 4.93. The van der Waals surface area contributed by atoms with E-state index in [1.54, 1.807) is 19.2 Å². The molecule has 0 radical (unpaired) electrons. The highest BCUT2D eigenvalue weighted by Crippen LogP contribution is 2.29. The normalized spacial score (nSPS) is 10.3. The summed E-state index contributed by atoms with van der Waals surface area (Å²) in [7, 11) is 1.54. The number of carbonyl (C=O) groups excluding carboxylic acids is 1. The number of hydrogen-bond acceptors (Lipinski definition) is 5. The minimum absolute atomic E-state index is 0.129. The van der Waals surface area contributed by atoms with Crippen molar-refractivity contribution in [3.05, 3.63) is 60.4 Å². The van der Waals surface area contributed by atoms with Gasteiger partial charge in [0.15, 0.2) is 5.82 Å². The fourth-order valence-corrected chi connectivity index (χ4v) is 2.40. The second-order valence-corrected chi connectivity index (χ2v) is 5.28. The second-order valence-electron chi connectivity index (χ2n) is 5.28. The van der Waals surface area contributed by atoms with Gasteiger partial charge >= 0.3 is 5.97 Å². The van der Waals surface area contributed by atoms with Crippen molar-refractivity contribution in [2.45, 2.75) is 0 Å². The van der Waals surface area contributed by atoms with Crippen molar-refractivity contribution in [1.29, 1.82) is 0 Å². The molecule has 0 aliphatic carbocycles. The lowest BCUT2D eigenvalue weighted by atomic mass is 10.2. The zero-order valence-corrected chi connectivity index (χ0v) is 13.9. The summed E-state index contributed by atoms with van der Waals surface area (Å²) in [6.45, 7) is -0.511. The molecule has 0 saturated heterocycles. The first-order valence-corrected chi connectivity index (χ1v) is 7.76. The number of aliphatic carboxylic acids is 1. The number of aromatic nitrogens is 3. The average Bonchev–Trinajstić information content (AvgIpc) is 3.12. The maximum absolute atomic E-state index is 12.2. The van der Waals surface area contributed by atoms with E-state index in [9.17, 15) is 9.59 Å². The van der Waals surface area contributed by atoms with Crippen LogP contribution in [0.3, 0.4) is 0 Å². The number of carboxylic acids is 1. The molecule has 1 aromatic heterocycles. The summed E-state index contributed by atoms with van der Waals surface area (Å²) in [5, 5.41) is 15.2. The highest BCUT2D eigenvalue weighted by atomic mass is 16.5. The maximum Gasteiger partial charge on any atom is 0.322 e. The van der Waals surface area contributed by atoms with E-state index in [1.807, 2.05) is 42.5 Å². The van der Waals surface area contributed by atoms with Crippen molar-refractivity contribution in [2.24, 2.45) is 0 Å². The Bertz CT molecular complexity index is 937. The van der Waals surface area contributed by atoms with Crippen molar-refractivity contribution in [2.75, 3.05) is 13.7 Å². The monoisotopic (exact) mass is 352 g/mol. The van der Waals surface area contributed by atoms with Gasteiger partial charge in [0.05, 0.1) is 18.4 Å². The number of hydrogen-bond donors (Lipinski definition) is 2. The number of nitrogens with zero attached hydrogens (tertiary/aromatic N) is 3. The van der Waals surface area contributed by atoms with Crippen LogP contribution in [0.2, 0.25) is 0 Å². The van der Waals surface area contributed by atoms with Gasteiger partial charge in [0.2, 0.25) is 5.82 Å². The van der Waals surface area contributed by atoms with Gasteiger partial charge in [0.25, 0.3) is 5.91 Å². The van der Waals surface area contributed by atoms with Crippen molar-refractivity contribution in [3.8, 4) is 22.8 Å². The molecule has 8 nitrogen and oxygen atoms in total. The van der Waals surface area contributed by atoms with E-state index in [0.29, 0.717) is 22.8 Å². The molecule has 1 heterocycles. The van der Waals surface area contributed by atoms with E-state index in [2.05, 4.69) is 15.4 Å². The maximum atomic E-state index is 12.2. The predicted molar refractivity (Wildman–Crippen MR) is 93.3 cm³/mol. The first-order valence-electron chi connectivity index (χ1n) is 7.76. The molecule has 2 aromatic carbocycles. The predicted octanol–water partition coefficient (Wildman–Crippen LogP) is 1.76. The number of carbonyl (C=O) groups is 2. The molecule has 2 N–H and O–H groups in total. The zero-order valence-electron chi connectivity index (χ0n) is 13.9. The van der Waals surface area contributed by atoms with Crippen LogP contribution in [-0.2, 0) is 4.79 Å². The quantitative estimate of drug-likeness (QED) is 0.700. The van der Waals surface area contributed by atoms with Crippen molar-refractivity contribution >= 4 is 11.9 Å². The lowest BCUT2D eigenvalue weighted by molar-refractivity contribution is -0.135. The Morgan fingerprint density at radius 1 is 1.12 bits per heavy atom. The summed E-state index contributed by atoms with van der Waals surface area (Å²) in [5.74, 6) is -0.955. The molecule has 0 atom stereocenters. The number of methoxy groups -OCH3 is 1. The number of benzene rings is 2. The fraction of sp³-hybridized carbons (Fsp3) is 0.111. The molecular weight excluding hydrogens is 336 g/mol. The Balaban J connectivity index is 2.10. The Hall–Kier alpha value is -3.68. The molecule has 0 aliphatic rings. The van der Waals surface area contributed by atoms with E-state index < -0.39 is 18.4 Å². The zero-order chi connectivity index (χ0) is 18.5. The molecule has 0 spiro atoms. The summed E-state index contributed by atoms with van der Waals surface area (Å²) in [6.07, 6.45) is 0. The first kappa shape index (κ1) is 17.2. The van der Waals surface area contributed by atoms with Crippen LogP contribution in [0.1, 0.15) is 10.6 Å². The van der Waals surface area contributed by atoms with Crippen LogP contribution < -0.4 is 10.1 Å². The van der Waals surface area contributed by atoms with Gasteiger partial charge in [-0.3, -0.25) is 9.59 Å². The van der Waals surface area contributed by atoms with E-state index >= 15 is 0 Å². The van der Waals surface area contributed by atoms with Gasteiger partial charge in [0, 0.05) is 0 Å². The average molecular weight is 352 g/mol. The molecule has 0 unspecified atom stereocenters. The number of para-hydroxylation sites is 2. The topological polar surface area (TPSA) is 106 Å². The summed E-state index contributed by atoms with van der Waals surface area (Å²) in [4.78, 5) is 27.2. The summed E-state index contributed by atoms with van der Waals surface area (Å²) in [5.41, 5.74) is 1.36. The van der Waals surface area contributed by atoms with Crippen molar-refractivity contribution in [1.82, 2.24) is 20.1 Å². The van der Waals surface area contributed by atoms with Crippen LogP contribution in [0.25, 0.3) is 17.1 Å². The third-order valence-electron chi connectivity index (χ3n) is 3.56. The fourth-order valence-electron chi connectivity index (χ4n) is 2.40. The number of nitrogens with one attached hydrogen (secondary N) is 1. The second kappa shape index (κ2) is 7.47. The van der Waals surface area contributed by atoms with Crippen LogP contribution in [0.5, 0.6) is 5.75 Å². The lowest BCUT2D eigenvalue weighted by Gasteiger charge is -2.09. The molecule has 0 fully saturated rings. The van der Waals surface area contributed by atoms with E-state index in [4.69, 9.17) is 9.84 Å². The molecule has 3 aromatic rings. The number of amides is 1. The van der Waals surface area contributed by atoms with Gasteiger partial charge in [-0.15, -0.1) is 5.10 Å². The van der Waals surface area contributed by atoms with Crippen molar-refractivity contribution in [3.63, 3.8) is 0 Å². The van der Waals surface area contributed by atoms with Gasteiger partial charge in [-0.25, -0.2) is 9.67 Å². The number of rotatable bonds is 6. The third kappa shape index (κ3) is 3.54. The van der Waals surface area contributed by atoms with Crippen LogP contribution in [0.15, 0.2) is 54.6 Å². The van der Waals surface area contributed by atoms with Crippen LogP contribution in [0, 0.1) is 0 Å². The molecule has 132 valence electrons. The molecule has 8 heteroatoms. The Labute approximate surface area is 149 Å². The Morgan fingerprint density at radius 3 is 2.50 bits per heavy atom. The van der Waals surface area contributed by atoms with E-state index in [1.165, 1.54) is 4.68 Å².